The number of hydrogen-bond donors (Lipinski definition) is 0. The van der Waals surface area contributed by atoms with Crippen LogP contribution in [0, 0.1) is 0 Å². The first-order valence-corrected chi connectivity index (χ1v) is 10.9. The zero-order valence-electron chi connectivity index (χ0n) is 16.9. The maximum atomic E-state index is 13.0. The average Bonchev–Trinajstić information content (AvgIpc) is 2.72. The van der Waals surface area contributed by atoms with Gasteiger partial charge < -0.3 is 14.4 Å². The first-order valence-electron chi connectivity index (χ1n) is 9.07. The van der Waals surface area contributed by atoms with Crippen molar-refractivity contribution in [3.63, 3.8) is 0 Å². The molecule has 0 aliphatic rings. The molecule has 2 aromatic carbocycles. The standard InChI is InChI=1S/C20H25ClN2O5S/c1-5-23(14-20(24)22(3)15-7-9-16(27-4)10-8-15)29(25,26)17-11-12-19(28-6-2)18(21)13-17/h7-13H,5-6,14H2,1-4H3. The topological polar surface area (TPSA) is 76.2 Å². The molecule has 0 saturated heterocycles. The summed E-state index contributed by atoms with van der Waals surface area (Å²) in [5, 5.41) is 0.200. The van der Waals surface area contributed by atoms with E-state index in [1.807, 2.05) is 6.92 Å². The number of anilines is 1. The van der Waals surface area contributed by atoms with Gasteiger partial charge in [0.25, 0.3) is 0 Å². The summed E-state index contributed by atoms with van der Waals surface area (Å²) in [6.07, 6.45) is 0. The summed E-state index contributed by atoms with van der Waals surface area (Å²) in [4.78, 5) is 14.1. The third-order valence-corrected chi connectivity index (χ3v) is 6.55. The van der Waals surface area contributed by atoms with Gasteiger partial charge in [-0.15, -0.1) is 0 Å². The molecule has 7 nitrogen and oxygen atoms in total. The minimum absolute atomic E-state index is 0.00713. The highest BCUT2D eigenvalue weighted by atomic mass is 35.5. The Hall–Kier alpha value is -2.29. The number of sulfonamides is 1. The molecule has 0 saturated carbocycles. The number of halogens is 1. The number of rotatable bonds is 9. The molecule has 0 bridgehead atoms. The molecule has 0 unspecified atom stereocenters. The molecular weight excluding hydrogens is 416 g/mol. The minimum Gasteiger partial charge on any atom is -0.497 e. The van der Waals surface area contributed by atoms with E-state index in [1.54, 1.807) is 45.3 Å². The van der Waals surface area contributed by atoms with Crippen LogP contribution >= 0.6 is 11.6 Å². The Morgan fingerprint density at radius 1 is 1.10 bits per heavy atom. The Labute approximate surface area is 176 Å². The van der Waals surface area contributed by atoms with Crippen LogP contribution in [-0.2, 0) is 14.8 Å². The van der Waals surface area contributed by atoms with E-state index in [1.165, 1.54) is 23.1 Å². The lowest BCUT2D eigenvalue weighted by Gasteiger charge is -2.24. The third kappa shape index (κ3) is 5.41. The average molecular weight is 441 g/mol. The van der Waals surface area contributed by atoms with Gasteiger partial charge in [-0.25, -0.2) is 8.42 Å². The van der Waals surface area contributed by atoms with E-state index in [0.717, 1.165) is 4.31 Å². The van der Waals surface area contributed by atoms with Gasteiger partial charge in [-0.3, -0.25) is 4.79 Å². The van der Waals surface area contributed by atoms with E-state index >= 15 is 0 Å². The molecule has 0 spiro atoms. The van der Waals surface area contributed by atoms with Gasteiger partial charge >= 0.3 is 0 Å². The van der Waals surface area contributed by atoms with Crippen LogP contribution in [0.15, 0.2) is 47.4 Å². The van der Waals surface area contributed by atoms with Crippen molar-refractivity contribution in [2.24, 2.45) is 0 Å². The molecule has 29 heavy (non-hydrogen) atoms. The third-order valence-electron chi connectivity index (χ3n) is 4.34. The smallest absolute Gasteiger partial charge is 0.243 e. The fraction of sp³-hybridized carbons (Fsp3) is 0.350. The normalized spacial score (nSPS) is 11.4. The highest BCUT2D eigenvalue weighted by Gasteiger charge is 2.27. The van der Waals surface area contributed by atoms with Crippen LogP contribution in [0.2, 0.25) is 5.02 Å². The molecule has 0 atom stereocenters. The Balaban J connectivity index is 2.20. The van der Waals surface area contributed by atoms with Crippen molar-refractivity contribution in [1.29, 1.82) is 0 Å². The van der Waals surface area contributed by atoms with E-state index in [9.17, 15) is 13.2 Å². The van der Waals surface area contributed by atoms with Gasteiger partial charge in [-0.05, 0) is 49.4 Å². The molecule has 0 aliphatic carbocycles. The molecule has 2 aromatic rings. The van der Waals surface area contributed by atoms with Crippen LogP contribution in [0.5, 0.6) is 11.5 Å². The molecule has 158 valence electrons. The highest BCUT2D eigenvalue weighted by molar-refractivity contribution is 7.89. The second kappa shape index (κ2) is 9.96. The van der Waals surface area contributed by atoms with Crippen LogP contribution in [0.4, 0.5) is 5.69 Å². The van der Waals surface area contributed by atoms with Gasteiger partial charge in [0.1, 0.15) is 11.5 Å². The lowest BCUT2D eigenvalue weighted by Crippen LogP contribution is -2.41. The number of benzene rings is 2. The van der Waals surface area contributed by atoms with Crippen molar-refractivity contribution >= 4 is 33.2 Å². The fourth-order valence-corrected chi connectivity index (χ4v) is 4.36. The van der Waals surface area contributed by atoms with Crippen LogP contribution in [0.1, 0.15) is 13.8 Å². The van der Waals surface area contributed by atoms with Crippen molar-refractivity contribution < 1.29 is 22.7 Å². The number of carbonyl (C=O) groups is 1. The van der Waals surface area contributed by atoms with Crippen LogP contribution < -0.4 is 14.4 Å². The predicted molar refractivity (Wildman–Crippen MR) is 113 cm³/mol. The van der Waals surface area contributed by atoms with Gasteiger partial charge in [-0.1, -0.05) is 18.5 Å². The summed E-state index contributed by atoms with van der Waals surface area (Å²) in [6, 6.07) is 11.2. The summed E-state index contributed by atoms with van der Waals surface area (Å²) < 4.78 is 37.6. The molecule has 0 fully saturated rings. The quantitative estimate of drug-likeness (QED) is 0.597. The Kier molecular flexibility index (Phi) is 7.89. The summed E-state index contributed by atoms with van der Waals surface area (Å²) in [5.74, 6) is 0.712. The molecular formula is C20H25ClN2O5S. The molecule has 0 radical (unpaired) electrons. The Bertz CT molecular complexity index is 948. The summed E-state index contributed by atoms with van der Waals surface area (Å²) in [6.45, 7) is 3.74. The van der Waals surface area contributed by atoms with Gasteiger partial charge in [0, 0.05) is 19.3 Å². The van der Waals surface area contributed by atoms with Crippen LogP contribution in [0.3, 0.4) is 0 Å². The fourth-order valence-electron chi connectivity index (χ4n) is 2.64. The minimum atomic E-state index is -3.90. The first-order chi connectivity index (χ1) is 13.7. The molecule has 0 aliphatic heterocycles. The van der Waals surface area contributed by atoms with Gasteiger partial charge in [-0.2, -0.15) is 4.31 Å². The van der Waals surface area contributed by atoms with Gasteiger partial charge in [0.2, 0.25) is 15.9 Å². The molecule has 1 amide bonds. The molecule has 0 heterocycles. The lowest BCUT2D eigenvalue weighted by atomic mass is 10.3. The molecule has 2 rings (SSSR count). The van der Waals surface area contributed by atoms with E-state index in [2.05, 4.69) is 0 Å². The van der Waals surface area contributed by atoms with Crippen molar-refractivity contribution in [1.82, 2.24) is 4.31 Å². The summed E-state index contributed by atoms with van der Waals surface area (Å²) in [7, 11) is -0.749. The maximum Gasteiger partial charge on any atom is 0.243 e. The van der Waals surface area contributed by atoms with E-state index in [0.29, 0.717) is 23.8 Å². The second-order valence-corrected chi connectivity index (χ2v) is 8.45. The summed E-state index contributed by atoms with van der Waals surface area (Å²) >= 11 is 6.13. The zero-order valence-corrected chi connectivity index (χ0v) is 18.5. The number of ether oxygens (including phenoxy) is 2. The molecule has 9 heteroatoms. The van der Waals surface area contributed by atoms with E-state index in [4.69, 9.17) is 21.1 Å². The van der Waals surface area contributed by atoms with Crippen molar-refractivity contribution in [2.45, 2.75) is 18.7 Å². The van der Waals surface area contributed by atoms with Crippen molar-refractivity contribution in [3.05, 3.63) is 47.5 Å². The van der Waals surface area contributed by atoms with E-state index in [-0.39, 0.29) is 28.9 Å². The lowest BCUT2D eigenvalue weighted by molar-refractivity contribution is -0.118. The number of amides is 1. The zero-order chi connectivity index (χ0) is 21.6. The van der Waals surface area contributed by atoms with Crippen molar-refractivity contribution in [3.8, 4) is 11.5 Å². The number of likely N-dealkylation sites (N-methyl/N-ethyl adjacent to an activating group) is 2. The number of methoxy groups -OCH3 is 1. The Morgan fingerprint density at radius 2 is 1.76 bits per heavy atom. The molecule has 0 aromatic heterocycles. The Morgan fingerprint density at radius 3 is 2.28 bits per heavy atom. The summed E-state index contributed by atoms with van der Waals surface area (Å²) in [5.41, 5.74) is 0.633. The maximum absolute atomic E-state index is 13.0. The van der Waals surface area contributed by atoms with Crippen LogP contribution in [-0.4, -0.2) is 52.5 Å². The number of carbonyl (C=O) groups excluding carboxylic acids is 1. The number of nitrogens with zero attached hydrogens (tertiary/aromatic N) is 2. The highest BCUT2D eigenvalue weighted by Crippen LogP contribution is 2.29. The largest absolute Gasteiger partial charge is 0.497 e. The monoisotopic (exact) mass is 440 g/mol. The predicted octanol–water partition coefficient (Wildman–Crippen LogP) is 3.42. The molecule has 0 N–H and O–H groups in total. The van der Waals surface area contributed by atoms with Gasteiger partial charge in [0.05, 0.1) is 30.2 Å². The van der Waals surface area contributed by atoms with Crippen LogP contribution in [0.25, 0.3) is 0 Å². The second-order valence-electron chi connectivity index (χ2n) is 6.11. The number of hydrogen-bond acceptors (Lipinski definition) is 5. The van der Waals surface area contributed by atoms with Crippen molar-refractivity contribution in [2.75, 3.05) is 38.8 Å². The van der Waals surface area contributed by atoms with E-state index < -0.39 is 10.0 Å². The first kappa shape index (κ1) is 23.0. The van der Waals surface area contributed by atoms with Gasteiger partial charge in [0.15, 0.2) is 0 Å². The SMILES string of the molecule is CCOc1ccc(S(=O)(=O)N(CC)CC(=O)N(C)c2ccc(OC)cc2)cc1Cl.